The molecular weight excluding hydrogens is 677 g/mol. The van der Waals surface area contributed by atoms with E-state index in [1.807, 2.05) is 24.3 Å². The molecular formula is C54H38N2. The molecule has 0 radical (unpaired) electrons. The summed E-state index contributed by atoms with van der Waals surface area (Å²) < 4.78 is 0. The van der Waals surface area contributed by atoms with Gasteiger partial charge in [-0.15, -0.1) is 0 Å². The van der Waals surface area contributed by atoms with Gasteiger partial charge in [-0.3, -0.25) is 4.99 Å². The van der Waals surface area contributed by atoms with Gasteiger partial charge >= 0.3 is 0 Å². The summed E-state index contributed by atoms with van der Waals surface area (Å²) in [5.41, 5.74) is 17.3. The third-order valence-electron chi connectivity index (χ3n) is 11.0. The lowest BCUT2D eigenvalue weighted by atomic mass is 9.81. The Balaban J connectivity index is 1.15. The molecule has 0 saturated carbocycles. The first-order valence-corrected chi connectivity index (χ1v) is 19.0. The zero-order chi connectivity index (χ0) is 38.0. The van der Waals surface area contributed by atoms with Crippen molar-refractivity contribution in [3.63, 3.8) is 0 Å². The molecule has 264 valence electrons. The van der Waals surface area contributed by atoms with Gasteiger partial charge in [0.05, 0.1) is 17.3 Å². The van der Waals surface area contributed by atoms with Crippen LogP contribution in [-0.2, 0) is 0 Å². The number of benzene rings is 8. The number of hydrogen-bond acceptors (Lipinski definition) is 2. The van der Waals surface area contributed by atoms with Crippen LogP contribution in [-0.4, -0.2) is 5.71 Å². The Hall–Kier alpha value is -7.34. The van der Waals surface area contributed by atoms with E-state index in [1.165, 1.54) is 38.6 Å². The van der Waals surface area contributed by atoms with Crippen molar-refractivity contribution in [1.29, 1.82) is 5.26 Å². The van der Waals surface area contributed by atoms with E-state index in [-0.39, 0.29) is 5.92 Å². The molecule has 0 aliphatic heterocycles. The summed E-state index contributed by atoms with van der Waals surface area (Å²) >= 11 is 0. The highest BCUT2D eigenvalue weighted by molar-refractivity contribution is 6.09. The molecule has 9 rings (SSSR count). The standard InChI is InChI=1S/C54H38N2/c1-36(53-50-23-13-11-21-48(50)49-22-12-14-24-51(49)53)52(42-15-5-3-6-16-42)54(43-17-7-4-8-18-43)56-37(2)39-29-31-41(32-30-39)45-34-33-44(46-19-9-10-20-47(45)46)40-27-25-38(35-55)26-28-40/h3-34,53H,1H2,2H3/b54-52+,56-37?. The summed E-state index contributed by atoms with van der Waals surface area (Å²) in [5, 5.41) is 11.7. The second-order valence-electron chi connectivity index (χ2n) is 14.3. The summed E-state index contributed by atoms with van der Waals surface area (Å²) in [6.07, 6.45) is 0. The van der Waals surface area contributed by atoms with Crippen LogP contribution < -0.4 is 0 Å². The van der Waals surface area contributed by atoms with E-state index in [1.54, 1.807) is 0 Å². The average Bonchev–Trinajstić information content (AvgIpc) is 3.61. The van der Waals surface area contributed by atoms with Crippen LogP contribution in [0, 0.1) is 11.3 Å². The summed E-state index contributed by atoms with van der Waals surface area (Å²) in [4.78, 5) is 5.52. The molecule has 8 aromatic rings. The molecule has 1 aliphatic rings. The molecule has 0 bridgehead atoms. The predicted molar refractivity (Wildman–Crippen MR) is 234 cm³/mol. The summed E-state index contributed by atoms with van der Waals surface area (Å²) in [5.74, 6) is -0.00997. The average molecular weight is 715 g/mol. The molecule has 0 N–H and O–H groups in total. The normalized spacial score (nSPS) is 12.8. The lowest BCUT2D eigenvalue weighted by Crippen LogP contribution is -2.06. The van der Waals surface area contributed by atoms with Gasteiger partial charge in [-0.25, -0.2) is 0 Å². The topological polar surface area (TPSA) is 36.1 Å². The van der Waals surface area contributed by atoms with Crippen LogP contribution in [0.25, 0.3) is 55.4 Å². The lowest BCUT2D eigenvalue weighted by molar-refractivity contribution is 1.03. The van der Waals surface area contributed by atoms with Crippen molar-refractivity contribution in [3.8, 4) is 39.4 Å². The molecule has 0 fully saturated rings. The number of nitrogens with zero attached hydrogens (tertiary/aromatic N) is 2. The van der Waals surface area contributed by atoms with Crippen LogP contribution in [0.1, 0.15) is 46.2 Å². The van der Waals surface area contributed by atoms with Crippen LogP contribution in [0.5, 0.6) is 0 Å². The highest BCUT2D eigenvalue weighted by Crippen LogP contribution is 2.51. The molecule has 0 spiro atoms. The monoisotopic (exact) mass is 714 g/mol. The fourth-order valence-electron chi connectivity index (χ4n) is 8.27. The number of hydrogen-bond donors (Lipinski definition) is 0. The van der Waals surface area contributed by atoms with E-state index in [4.69, 9.17) is 11.6 Å². The minimum absolute atomic E-state index is 0.00997. The largest absolute Gasteiger partial charge is 0.252 e. The first-order valence-electron chi connectivity index (χ1n) is 19.0. The van der Waals surface area contributed by atoms with Crippen molar-refractivity contribution in [1.82, 2.24) is 0 Å². The third kappa shape index (κ3) is 6.26. The third-order valence-corrected chi connectivity index (χ3v) is 11.0. The summed E-state index contributed by atoms with van der Waals surface area (Å²) in [7, 11) is 0. The number of fused-ring (bicyclic) bond motifs is 4. The Kier molecular flexibility index (Phi) is 9.11. The molecule has 2 heteroatoms. The molecule has 0 amide bonds. The molecule has 8 aromatic carbocycles. The van der Waals surface area contributed by atoms with Crippen LogP contribution in [0.15, 0.2) is 211 Å². The van der Waals surface area contributed by atoms with Crippen LogP contribution in [0.4, 0.5) is 0 Å². The first kappa shape index (κ1) is 34.4. The lowest BCUT2D eigenvalue weighted by Gasteiger charge is -2.23. The zero-order valence-electron chi connectivity index (χ0n) is 31.2. The van der Waals surface area contributed by atoms with Crippen molar-refractivity contribution in [2.75, 3.05) is 0 Å². The molecule has 0 heterocycles. The Labute approximate surface area is 328 Å². The number of aliphatic imine (C=N–C) groups is 1. The first-order chi connectivity index (χ1) is 27.6. The van der Waals surface area contributed by atoms with Crippen molar-refractivity contribution < 1.29 is 0 Å². The number of nitriles is 1. The fraction of sp³-hybridized carbons (Fsp3) is 0.0370. The van der Waals surface area contributed by atoms with Crippen molar-refractivity contribution in [3.05, 3.63) is 240 Å². The van der Waals surface area contributed by atoms with Gasteiger partial charge in [-0.1, -0.05) is 189 Å². The molecule has 2 nitrogen and oxygen atoms in total. The number of rotatable bonds is 8. The Morgan fingerprint density at radius 1 is 0.482 bits per heavy atom. The van der Waals surface area contributed by atoms with Gasteiger partial charge in [0.2, 0.25) is 0 Å². The van der Waals surface area contributed by atoms with Gasteiger partial charge < -0.3 is 0 Å². The second-order valence-corrected chi connectivity index (χ2v) is 14.3. The molecule has 0 unspecified atom stereocenters. The Morgan fingerprint density at radius 2 is 0.946 bits per heavy atom. The van der Waals surface area contributed by atoms with E-state index in [2.05, 4.69) is 183 Å². The maximum absolute atomic E-state index is 9.31. The van der Waals surface area contributed by atoms with Gasteiger partial charge in [0, 0.05) is 22.8 Å². The Morgan fingerprint density at radius 3 is 1.48 bits per heavy atom. The molecule has 0 saturated heterocycles. The minimum Gasteiger partial charge on any atom is -0.252 e. The van der Waals surface area contributed by atoms with Gasteiger partial charge in [0.1, 0.15) is 0 Å². The zero-order valence-corrected chi connectivity index (χ0v) is 31.2. The Bertz CT molecular complexity index is 2810. The summed E-state index contributed by atoms with van der Waals surface area (Å²) in [6.45, 7) is 7.00. The highest BCUT2D eigenvalue weighted by Gasteiger charge is 2.33. The van der Waals surface area contributed by atoms with Crippen molar-refractivity contribution >= 4 is 27.8 Å². The fourth-order valence-corrected chi connectivity index (χ4v) is 8.27. The van der Waals surface area contributed by atoms with Crippen LogP contribution in [0.3, 0.4) is 0 Å². The van der Waals surface area contributed by atoms with E-state index in [0.29, 0.717) is 5.56 Å². The van der Waals surface area contributed by atoms with Gasteiger partial charge in [-0.2, -0.15) is 5.26 Å². The maximum Gasteiger partial charge on any atom is 0.0991 e. The van der Waals surface area contributed by atoms with E-state index >= 15 is 0 Å². The highest BCUT2D eigenvalue weighted by atomic mass is 14.8. The quantitative estimate of drug-likeness (QED) is 0.0877. The van der Waals surface area contributed by atoms with Gasteiger partial charge in [-0.05, 0) is 91.0 Å². The van der Waals surface area contributed by atoms with E-state index < -0.39 is 0 Å². The van der Waals surface area contributed by atoms with Crippen LogP contribution >= 0.6 is 0 Å². The molecule has 1 aliphatic carbocycles. The number of allylic oxidation sites excluding steroid dienone is 2. The van der Waals surface area contributed by atoms with Crippen LogP contribution in [0.2, 0.25) is 0 Å². The molecule has 56 heavy (non-hydrogen) atoms. The van der Waals surface area contributed by atoms with E-state index in [0.717, 1.165) is 55.9 Å². The predicted octanol–water partition coefficient (Wildman–Crippen LogP) is 13.8. The van der Waals surface area contributed by atoms with E-state index in [9.17, 15) is 5.26 Å². The molecule has 0 aromatic heterocycles. The second kappa shape index (κ2) is 14.8. The maximum atomic E-state index is 9.31. The minimum atomic E-state index is -0.00997. The smallest absolute Gasteiger partial charge is 0.0991 e. The molecule has 0 atom stereocenters. The van der Waals surface area contributed by atoms with Crippen molar-refractivity contribution in [2.45, 2.75) is 12.8 Å². The van der Waals surface area contributed by atoms with Gasteiger partial charge in [0.25, 0.3) is 0 Å². The SMILES string of the molecule is C=C(/C(=C(\N=C(C)c1ccc(-c2ccc(-c3ccc(C#N)cc3)c3ccccc23)cc1)c1ccccc1)c1ccccc1)C1c2ccccc2-c2ccccc21. The summed E-state index contributed by atoms with van der Waals surface area (Å²) in [6, 6.07) is 70.3. The van der Waals surface area contributed by atoms with Gasteiger partial charge in [0.15, 0.2) is 0 Å². The van der Waals surface area contributed by atoms with Crippen molar-refractivity contribution in [2.24, 2.45) is 4.99 Å².